The van der Waals surface area contributed by atoms with E-state index in [0.717, 1.165) is 21.0 Å². The van der Waals surface area contributed by atoms with E-state index in [-0.39, 0.29) is 33.1 Å². The standard InChI is InChI=1S/C29H33Cl2N3O4S/c1-5-27(29(36)32-6-2)33(18-22-11-7-20(3)8-12-22)28(35)19-34(25-16-23(30)15-24(31)17-25)39(37,38)26-13-9-21(4)10-14-26/h7-17,27H,5-6,18-19H2,1-4H3,(H,32,36)/t27-/m0/s1. The Morgan fingerprint density at radius 3 is 1.92 bits per heavy atom. The molecule has 39 heavy (non-hydrogen) atoms. The minimum Gasteiger partial charge on any atom is -0.355 e. The van der Waals surface area contributed by atoms with E-state index in [2.05, 4.69) is 5.32 Å². The van der Waals surface area contributed by atoms with Gasteiger partial charge in [-0.05, 0) is 63.1 Å². The molecule has 0 saturated heterocycles. The molecule has 2 amide bonds. The third-order valence-electron chi connectivity index (χ3n) is 6.23. The summed E-state index contributed by atoms with van der Waals surface area (Å²) in [6.45, 7) is 7.39. The molecule has 3 aromatic rings. The Labute approximate surface area is 240 Å². The number of nitrogens with zero attached hydrogens (tertiary/aromatic N) is 2. The summed E-state index contributed by atoms with van der Waals surface area (Å²) in [5.41, 5.74) is 2.90. The minimum atomic E-state index is -4.21. The number of benzene rings is 3. The molecule has 1 N–H and O–H groups in total. The van der Waals surface area contributed by atoms with Gasteiger partial charge in [0.1, 0.15) is 12.6 Å². The van der Waals surface area contributed by atoms with Gasteiger partial charge >= 0.3 is 0 Å². The second-order valence-corrected chi connectivity index (χ2v) is 12.0. The summed E-state index contributed by atoms with van der Waals surface area (Å²) in [5, 5.41) is 3.23. The van der Waals surface area contributed by atoms with Crippen molar-refractivity contribution in [2.45, 2.75) is 51.6 Å². The molecule has 0 saturated carbocycles. The van der Waals surface area contributed by atoms with Crippen molar-refractivity contribution in [3.05, 3.63) is 93.5 Å². The maximum Gasteiger partial charge on any atom is 0.264 e. The zero-order chi connectivity index (χ0) is 28.7. The van der Waals surface area contributed by atoms with Gasteiger partial charge in [-0.3, -0.25) is 13.9 Å². The first-order chi connectivity index (χ1) is 18.5. The van der Waals surface area contributed by atoms with Crippen LogP contribution in [0.5, 0.6) is 0 Å². The van der Waals surface area contributed by atoms with Gasteiger partial charge in [-0.15, -0.1) is 0 Å². The van der Waals surface area contributed by atoms with E-state index >= 15 is 0 Å². The SMILES string of the molecule is CCNC(=O)[C@H](CC)N(Cc1ccc(C)cc1)C(=O)CN(c1cc(Cl)cc(Cl)c1)S(=O)(=O)c1ccc(C)cc1. The largest absolute Gasteiger partial charge is 0.355 e. The number of likely N-dealkylation sites (N-methyl/N-ethyl adjacent to an activating group) is 1. The lowest BCUT2D eigenvalue weighted by Crippen LogP contribution is -2.52. The number of aryl methyl sites for hydroxylation is 2. The second-order valence-electron chi connectivity index (χ2n) is 9.28. The van der Waals surface area contributed by atoms with Crippen LogP contribution < -0.4 is 9.62 Å². The van der Waals surface area contributed by atoms with E-state index in [0.29, 0.717) is 13.0 Å². The molecule has 0 aliphatic heterocycles. The Balaban J connectivity index is 2.09. The van der Waals surface area contributed by atoms with E-state index in [1.807, 2.05) is 45.0 Å². The van der Waals surface area contributed by atoms with E-state index < -0.39 is 28.5 Å². The summed E-state index contributed by atoms with van der Waals surface area (Å²) in [7, 11) is -4.21. The maximum absolute atomic E-state index is 14.0. The molecule has 0 radical (unpaired) electrons. The van der Waals surface area contributed by atoms with Crippen LogP contribution in [0.25, 0.3) is 0 Å². The lowest BCUT2D eigenvalue weighted by Gasteiger charge is -2.33. The molecule has 1 atom stereocenters. The number of carbonyl (C=O) groups is 2. The molecular formula is C29H33Cl2N3O4S. The Hall–Kier alpha value is -3.07. The predicted octanol–water partition coefficient (Wildman–Crippen LogP) is 5.75. The first-order valence-corrected chi connectivity index (χ1v) is 14.8. The number of carbonyl (C=O) groups excluding carboxylic acids is 2. The molecular weight excluding hydrogens is 557 g/mol. The Morgan fingerprint density at radius 2 is 1.41 bits per heavy atom. The van der Waals surface area contributed by atoms with E-state index in [4.69, 9.17) is 23.2 Å². The van der Waals surface area contributed by atoms with Crippen molar-refractivity contribution < 1.29 is 18.0 Å². The highest BCUT2D eigenvalue weighted by atomic mass is 35.5. The Kier molecular flexibility index (Phi) is 10.4. The van der Waals surface area contributed by atoms with Gasteiger partial charge in [0.2, 0.25) is 11.8 Å². The highest BCUT2D eigenvalue weighted by molar-refractivity contribution is 7.92. The molecule has 10 heteroatoms. The quantitative estimate of drug-likeness (QED) is 0.308. The van der Waals surface area contributed by atoms with Crippen LogP contribution in [0.1, 0.15) is 37.0 Å². The summed E-state index contributed by atoms with van der Waals surface area (Å²) in [6, 6.07) is 17.5. The molecule has 7 nitrogen and oxygen atoms in total. The highest BCUT2D eigenvalue weighted by Gasteiger charge is 2.33. The van der Waals surface area contributed by atoms with Crippen LogP contribution >= 0.6 is 23.2 Å². The average molecular weight is 591 g/mol. The zero-order valence-electron chi connectivity index (χ0n) is 22.4. The second kappa shape index (κ2) is 13.3. The molecule has 0 bridgehead atoms. The summed E-state index contributed by atoms with van der Waals surface area (Å²) in [5.74, 6) is -0.848. The van der Waals surface area contributed by atoms with Crippen molar-refractivity contribution in [2.24, 2.45) is 0 Å². The van der Waals surface area contributed by atoms with Crippen LogP contribution in [-0.4, -0.2) is 44.3 Å². The monoisotopic (exact) mass is 589 g/mol. The van der Waals surface area contributed by atoms with Gasteiger partial charge in [-0.25, -0.2) is 8.42 Å². The number of hydrogen-bond acceptors (Lipinski definition) is 4. The van der Waals surface area contributed by atoms with Gasteiger partial charge in [0.25, 0.3) is 10.0 Å². The number of sulfonamides is 1. The third-order valence-corrected chi connectivity index (χ3v) is 8.46. The van der Waals surface area contributed by atoms with Gasteiger partial charge in [-0.1, -0.05) is 77.7 Å². The molecule has 0 aromatic heterocycles. The van der Waals surface area contributed by atoms with Crippen molar-refractivity contribution in [3.63, 3.8) is 0 Å². The minimum absolute atomic E-state index is 0.0119. The molecule has 0 unspecified atom stereocenters. The van der Waals surface area contributed by atoms with Gasteiger partial charge in [0.05, 0.1) is 10.6 Å². The van der Waals surface area contributed by atoms with E-state index in [1.54, 1.807) is 19.1 Å². The average Bonchev–Trinajstić information content (AvgIpc) is 2.88. The van der Waals surface area contributed by atoms with Crippen molar-refractivity contribution in [1.82, 2.24) is 10.2 Å². The summed E-state index contributed by atoms with van der Waals surface area (Å²) >= 11 is 12.5. The molecule has 0 fully saturated rings. The smallest absolute Gasteiger partial charge is 0.264 e. The van der Waals surface area contributed by atoms with Crippen molar-refractivity contribution in [3.8, 4) is 0 Å². The molecule has 0 heterocycles. The topological polar surface area (TPSA) is 86.8 Å². The van der Waals surface area contributed by atoms with Crippen molar-refractivity contribution in [2.75, 3.05) is 17.4 Å². The van der Waals surface area contributed by atoms with Crippen LogP contribution in [-0.2, 0) is 26.2 Å². The van der Waals surface area contributed by atoms with Crippen LogP contribution in [0.3, 0.4) is 0 Å². The van der Waals surface area contributed by atoms with Gasteiger partial charge in [0.15, 0.2) is 0 Å². The van der Waals surface area contributed by atoms with Crippen LogP contribution in [0.4, 0.5) is 5.69 Å². The predicted molar refractivity (Wildman–Crippen MR) is 157 cm³/mol. The van der Waals surface area contributed by atoms with Gasteiger partial charge < -0.3 is 10.2 Å². The zero-order valence-corrected chi connectivity index (χ0v) is 24.8. The lowest BCUT2D eigenvalue weighted by atomic mass is 10.1. The summed E-state index contributed by atoms with van der Waals surface area (Å²) in [6.07, 6.45) is 0.344. The Morgan fingerprint density at radius 1 is 0.872 bits per heavy atom. The number of nitrogens with one attached hydrogen (secondary N) is 1. The highest BCUT2D eigenvalue weighted by Crippen LogP contribution is 2.30. The molecule has 3 rings (SSSR count). The van der Waals surface area contributed by atoms with Crippen LogP contribution in [0.2, 0.25) is 10.0 Å². The normalized spacial score (nSPS) is 12.1. The number of rotatable bonds is 11. The molecule has 0 aliphatic rings. The van der Waals surface area contributed by atoms with Crippen molar-refractivity contribution >= 4 is 50.7 Å². The van der Waals surface area contributed by atoms with Gasteiger partial charge in [0, 0.05) is 23.1 Å². The molecule has 0 aliphatic carbocycles. The van der Waals surface area contributed by atoms with Crippen LogP contribution in [0, 0.1) is 13.8 Å². The van der Waals surface area contributed by atoms with E-state index in [9.17, 15) is 18.0 Å². The lowest BCUT2D eigenvalue weighted by molar-refractivity contribution is -0.140. The number of anilines is 1. The molecule has 0 spiro atoms. The first-order valence-electron chi connectivity index (χ1n) is 12.6. The third kappa shape index (κ3) is 7.75. The van der Waals surface area contributed by atoms with Gasteiger partial charge in [-0.2, -0.15) is 0 Å². The first kappa shape index (κ1) is 30.5. The van der Waals surface area contributed by atoms with E-state index in [1.165, 1.54) is 35.2 Å². The fourth-order valence-corrected chi connectivity index (χ4v) is 6.06. The summed E-state index contributed by atoms with van der Waals surface area (Å²) < 4.78 is 28.8. The number of hydrogen-bond donors (Lipinski definition) is 1. The van der Waals surface area contributed by atoms with Crippen molar-refractivity contribution in [1.29, 1.82) is 0 Å². The maximum atomic E-state index is 14.0. The molecule has 208 valence electrons. The molecule has 3 aromatic carbocycles. The summed E-state index contributed by atoms with van der Waals surface area (Å²) in [4.78, 5) is 28.4. The Bertz CT molecular complexity index is 1390. The fourth-order valence-electron chi connectivity index (χ4n) is 4.15. The fraction of sp³-hybridized carbons (Fsp3) is 0.310. The number of halogens is 2. The number of amides is 2. The van der Waals surface area contributed by atoms with Crippen LogP contribution in [0.15, 0.2) is 71.6 Å².